The molecule has 0 aliphatic heterocycles. The van der Waals surface area contributed by atoms with Crippen LogP contribution in [-0.2, 0) is 9.53 Å². The van der Waals surface area contributed by atoms with Crippen LogP contribution in [0.25, 0.3) is 0 Å². The summed E-state index contributed by atoms with van der Waals surface area (Å²) in [5.41, 5.74) is 0.892. The Hall–Kier alpha value is -1.75. The Morgan fingerprint density at radius 2 is 2.00 bits per heavy atom. The normalized spacial score (nSPS) is 12.0. The molecule has 0 bridgehead atoms. The number of hydrogen-bond donors (Lipinski definition) is 2. The zero-order valence-electron chi connectivity index (χ0n) is 9.35. The molecule has 0 heterocycles. The van der Waals surface area contributed by atoms with Gasteiger partial charge in [-0.1, -0.05) is 0 Å². The van der Waals surface area contributed by atoms with Crippen LogP contribution in [0, 0.1) is 6.92 Å². The van der Waals surface area contributed by atoms with Crippen LogP contribution in [0.1, 0.15) is 17.2 Å². The Kier molecular flexibility index (Phi) is 3.73. The van der Waals surface area contributed by atoms with E-state index in [4.69, 9.17) is 4.74 Å². The fourth-order valence-electron chi connectivity index (χ4n) is 1.45. The highest BCUT2D eigenvalue weighted by molar-refractivity contribution is 5.76. The summed E-state index contributed by atoms with van der Waals surface area (Å²) >= 11 is 0. The quantitative estimate of drug-likeness (QED) is 0.749. The molecule has 16 heavy (non-hydrogen) atoms. The number of aromatic hydroxyl groups is 1. The predicted octanol–water partition coefficient (Wildman–Crippen LogP) is 0.916. The van der Waals surface area contributed by atoms with Gasteiger partial charge < -0.3 is 19.7 Å². The van der Waals surface area contributed by atoms with E-state index >= 15 is 0 Å². The maximum absolute atomic E-state index is 11.1. The van der Waals surface area contributed by atoms with Gasteiger partial charge in [0.2, 0.25) is 0 Å². The van der Waals surface area contributed by atoms with Gasteiger partial charge in [0.25, 0.3) is 0 Å². The zero-order valence-corrected chi connectivity index (χ0v) is 9.35. The number of phenolic OH excluding ortho intramolecular Hbond substituents is 1. The van der Waals surface area contributed by atoms with E-state index in [-0.39, 0.29) is 11.3 Å². The summed E-state index contributed by atoms with van der Waals surface area (Å²) in [6.45, 7) is 1.70. The third kappa shape index (κ3) is 2.25. The van der Waals surface area contributed by atoms with Crippen LogP contribution in [0.3, 0.4) is 0 Å². The van der Waals surface area contributed by atoms with Gasteiger partial charge in [-0.3, -0.25) is 0 Å². The zero-order chi connectivity index (χ0) is 12.3. The number of aliphatic hydroxyl groups excluding tert-OH is 1. The van der Waals surface area contributed by atoms with Gasteiger partial charge in [-0.05, 0) is 30.2 Å². The van der Waals surface area contributed by atoms with Gasteiger partial charge in [-0.15, -0.1) is 0 Å². The maximum Gasteiger partial charge on any atom is 0.339 e. The summed E-state index contributed by atoms with van der Waals surface area (Å²) in [5.74, 6) is -0.578. The molecule has 0 saturated heterocycles. The van der Waals surface area contributed by atoms with Gasteiger partial charge >= 0.3 is 5.97 Å². The Balaban J connectivity index is 3.13. The van der Waals surface area contributed by atoms with Gasteiger partial charge in [0, 0.05) is 0 Å². The van der Waals surface area contributed by atoms with Gasteiger partial charge in [0.05, 0.1) is 14.2 Å². The van der Waals surface area contributed by atoms with E-state index in [1.54, 1.807) is 13.0 Å². The van der Waals surface area contributed by atoms with Crippen LogP contribution >= 0.6 is 0 Å². The number of aliphatic hydroxyl groups is 1. The van der Waals surface area contributed by atoms with Crippen LogP contribution in [0.15, 0.2) is 12.1 Å². The van der Waals surface area contributed by atoms with Crippen LogP contribution < -0.4 is 4.74 Å². The molecule has 0 spiro atoms. The molecule has 5 nitrogen and oxygen atoms in total. The lowest BCUT2D eigenvalue weighted by molar-refractivity contribution is -0.150. The fraction of sp³-hybridized carbons (Fsp3) is 0.364. The molecule has 0 aliphatic carbocycles. The van der Waals surface area contributed by atoms with Crippen molar-refractivity contribution in [2.45, 2.75) is 13.0 Å². The van der Waals surface area contributed by atoms with Crippen LogP contribution in [-0.4, -0.2) is 30.4 Å². The monoisotopic (exact) mass is 226 g/mol. The molecule has 1 aromatic carbocycles. The molecule has 0 amide bonds. The average Bonchev–Trinajstić information content (AvgIpc) is 2.26. The van der Waals surface area contributed by atoms with E-state index in [1.807, 2.05) is 0 Å². The summed E-state index contributed by atoms with van der Waals surface area (Å²) in [6, 6.07) is 2.83. The maximum atomic E-state index is 11.1. The van der Waals surface area contributed by atoms with E-state index in [2.05, 4.69) is 4.74 Å². The standard InChI is InChI=1S/C11H14O5/c1-6-4-7(9(13)11(14)16-3)5-8(12)10(6)15-2/h4-5,9,12-13H,1-3H3. The largest absolute Gasteiger partial charge is 0.504 e. The first-order valence-corrected chi connectivity index (χ1v) is 4.64. The summed E-state index contributed by atoms with van der Waals surface area (Å²) in [6.07, 6.45) is -1.40. The molecule has 0 radical (unpaired) electrons. The van der Waals surface area contributed by atoms with E-state index in [1.165, 1.54) is 20.3 Å². The van der Waals surface area contributed by atoms with Crippen molar-refractivity contribution < 1.29 is 24.5 Å². The average molecular weight is 226 g/mol. The first kappa shape index (κ1) is 12.3. The fourth-order valence-corrected chi connectivity index (χ4v) is 1.45. The Labute approximate surface area is 93.2 Å². The third-order valence-electron chi connectivity index (χ3n) is 2.22. The Morgan fingerprint density at radius 3 is 2.44 bits per heavy atom. The van der Waals surface area contributed by atoms with E-state index in [9.17, 15) is 15.0 Å². The number of esters is 1. The summed E-state index contributed by atoms with van der Waals surface area (Å²) in [4.78, 5) is 11.1. The first-order valence-electron chi connectivity index (χ1n) is 4.64. The van der Waals surface area contributed by atoms with E-state index < -0.39 is 12.1 Å². The molecule has 1 unspecified atom stereocenters. The number of ether oxygens (including phenoxy) is 2. The summed E-state index contributed by atoms with van der Waals surface area (Å²) in [7, 11) is 2.61. The second kappa shape index (κ2) is 4.85. The highest BCUT2D eigenvalue weighted by Crippen LogP contribution is 2.33. The molecule has 0 fully saturated rings. The van der Waals surface area contributed by atoms with Gasteiger partial charge in [0.1, 0.15) is 0 Å². The number of benzene rings is 1. The molecule has 0 saturated carbocycles. The lowest BCUT2D eigenvalue weighted by atomic mass is 10.1. The van der Waals surface area contributed by atoms with Gasteiger partial charge in [0.15, 0.2) is 17.6 Å². The molecule has 5 heteroatoms. The second-order valence-corrected chi connectivity index (χ2v) is 3.32. The molecular weight excluding hydrogens is 212 g/mol. The van der Waals surface area contributed by atoms with Gasteiger partial charge in [-0.25, -0.2) is 4.79 Å². The van der Waals surface area contributed by atoms with Crippen molar-refractivity contribution in [1.29, 1.82) is 0 Å². The number of carbonyl (C=O) groups is 1. The number of phenols is 1. The van der Waals surface area contributed by atoms with Crippen LogP contribution in [0.4, 0.5) is 0 Å². The Bertz CT molecular complexity index is 376. The van der Waals surface area contributed by atoms with Crippen molar-refractivity contribution in [2.24, 2.45) is 0 Å². The van der Waals surface area contributed by atoms with Gasteiger partial charge in [-0.2, -0.15) is 0 Å². The highest BCUT2D eigenvalue weighted by Gasteiger charge is 2.20. The number of hydrogen-bond acceptors (Lipinski definition) is 5. The summed E-state index contributed by atoms with van der Waals surface area (Å²) < 4.78 is 9.35. The molecule has 0 aliphatic rings. The minimum absolute atomic E-state index is 0.125. The summed E-state index contributed by atoms with van der Waals surface area (Å²) in [5, 5.41) is 19.2. The van der Waals surface area contributed by atoms with E-state index in [0.717, 1.165) is 0 Å². The number of carbonyl (C=O) groups excluding carboxylic acids is 1. The Morgan fingerprint density at radius 1 is 1.38 bits per heavy atom. The van der Waals surface area contributed by atoms with Crippen molar-refractivity contribution in [3.05, 3.63) is 23.3 Å². The minimum Gasteiger partial charge on any atom is -0.504 e. The predicted molar refractivity (Wildman–Crippen MR) is 56.4 cm³/mol. The minimum atomic E-state index is -1.40. The molecule has 1 aromatic rings. The number of rotatable bonds is 3. The van der Waals surface area contributed by atoms with Crippen molar-refractivity contribution in [3.8, 4) is 11.5 Å². The van der Waals surface area contributed by atoms with Crippen molar-refractivity contribution in [3.63, 3.8) is 0 Å². The molecule has 2 N–H and O–H groups in total. The first-order chi connectivity index (χ1) is 7.51. The lowest BCUT2D eigenvalue weighted by Crippen LogP contribution is -2.13. The molecular formula is C11H14O5. The number of aryl methyl sites for hydroxylation is 1. The van der Waals surface area contributed by atoms with Crippen molar-refractivity contribution >= 4 is 5.97 Å². The third-order valence-corrected chi connectivity index (χ3v) is 2.22. The van der Waals surface area contributed by atoms with Crippen LogP contribution in [0.2, 0.25) is 0 Å². The SMILES string of the molecule is COC(=O)C(O)c1cc(C)c(OC)c(O)c1. The smallest absolute Gasteiger partial charge is 0.339 e. The van der Waals surface area contributed by atoms with Crippen LogP contribution in [0.5, 0.6) is 11.5 Å². The highest BCUT2D eigenvalue weighted by atomic mass is 16.5. The second-order valence-electron chi connectivity index (χ2n) is 3.32. The molecule has 1 atom stereocenters. The molecule has 1 rings (SSSR count). The van der Waals surface area contributed by atoms with Crippen molar-refractivity contribution in [2.75, 3.05) is 14.2 Å². The molecule has 88 valence electrons. The topological polar surface area (TPSA) is 76.0 Å². The van der Waals surface area contributed by atoms with E-state index in [0.29, 0.717) is 11.3 Å². The number of methoxy groups -OCH3 is 2. The lowest BCUT2D eigenvalue weighted by Gasteiger charge is -2.13. The van der Waals surface area contributed by atoms with Crippen molar-refractivity contribution in [1.82, 2.24) is 0 Å². The molecule has 0 aromatic heterocycles.